The van der Waals surface area contributed by atoms with Crippen LogP contribution in [0.1, 0.15) is 13.8 Å². The van der Waals surface area contributed by atoms with E-state index in [2.05, 4.69) is 4.84 Å². The van der Waals surface area contributed by atoms with Crippen LogP contribution in [-0.4, -0.2) is 29.4 Å². The average molecular weight is 180 g/mol. The summed E-state index contributed by atoms with van der Waals surface area (Å²) < 4.78 is 0. The normalized spacial score (nSPS) is 9.00. The lowest BCUT2D eigenvalue weighted by atomic mass is 10.6. The number of hydrogen-bond acceptors (Lipinski definition) is 3. The van der Waals surface area contributed by atoms with Gasteiger partial charge in [-0.25, -0.2) is 0 Å². The van der Waals surface area contributed by atoms with Gasteiger partial charge in [-0.15, -0.1) is 11.6 Å². The first-order valence-electron chi connectivity index (χ1n) is 3.16. The molecule has 0 N–H and O–H groups in total. The van der Waals surface area contributed by atoms with Gasteiger partial charge in [-0.2, -0.15) is 5.06 Å². The van der Waals surface area contributed by atoms with Crippen LogP contribution in [0.5, 0.6) is 0 Å². The molecule has 0 fully saturated rings. The van der Waals surface area contributed by atoms with Crippen LogP contribution in [0.15, 0.2) is 0 Å². The maximum absolute atomic E-state index is 10.8. The SMILES string of the molecule is CCN(OC(C)=O)C(=O)CCl. The van der Waals surface area contributed by atoms with E-state index in [-0.39, 0.29) is 5.88 Å². The van der Waals surface area contributed by atoms with Crippen LogP contribution in [0.3, 0.4) is 0 Å². The quantitative estimate of drug-likeness (QED) is 0.460. The minimum absolute atomic E-state index is 0.179. The molecule has 0 aliphatic carbocycles. The first kappa shape index (κ1) is 10.2. The van der Waals surface area contributed by atoms with Crippen molar-refractivity contribution in [1.82, 2.24) is 5.06 Å². The summed E-state index contributed by atoms with van der Waals surface area (Å²) in [5.74, 6) is -1.11. The van der Waals surface area contributed by atoms with Crippen molar-refractivity contribution in [2.75, 3.05) is 12.4 Å². The maximum atomic E-state index is 10.8. The summed E-state index contributed by atoms with van der Waals surface area (Å²) in [6.07, 6.45) is 0. The molecule has 64 valence electrons. The molecule has 0 unspecified atom stereocenters. The van der Waals surface area contributed by atoms with Crippen LogP contribution >= 0.6 is 11.6 Å². The summed E-state index contributed by atoms with van der Waals surface area (Å²) in [7, 11) is 0. The van der Waals surface area contributed by atoms with Gasteiger partial charge in [-0.1, -0.05) is 0 Å². The third kappa shape index (κ3) is 3.83. The Kier molecular flexibility index (Phi) is 4.61. The van der Waals surface area contributed by atoms with Gasteiger partial charge in [0, 0.05) is 6.92 Å². The number of amides is 1. The molecule has 0 atom stereocenters. The molecule has 5 heteroatoms. The Hall–Kier alpha value is -0.770. The molecule has 0 radical (unpaired) electrons. The van der Waals surface area contributed by atoms with E-state index < -0.39 is 11.9 Å². The van der Waals surface area contributed by atoms with E-state index in [1.165, 1.54) is 6.92 Å². The zero-order valence-electron chi connectivity index (χ0n) is 6.46. The van der Waals surface area contributed by atoms with Crippen LogP contribution in [0.25, 0.3) is 0 Å². The molecule has 0 saturated heterocycles. The summed E-state index contributed by atoms with van der Waals surface area (Å²) in [4.78, 5) is 25.7. The fourth-order valence-corrected chi connectivity index (χ4v) is 0.647. The predicted molar refractivity (Wildman–Crippen MR) is 39.9 cm³/mol. The summed E-state index contributed by atoms with van der Waals surface area (Å²) >= 11 is 5.23. The third-order valence-corrected chi connectivity index (χ3v) is 1.15. The predicted octanol–water partition coefficient (Wildman–Crippen LogP) is 0.552. The number of halogens is 1. The molecule has 4 nitrogen and oxygen atoms in total. The fraction of sp³-hybridized carbons (Fsp3) is 0.667. The topological polar surface area (TPSA) is 46.6 Å². The lowest BCUT2D eigenvalue weighted by Crippen LogP contribution is -2.33. The minimum atomic E-state index is -0.523. The van der Waals surface area contributed by atoms with Gasteiger partial charge in [0.05, 0.1) is 6.54 Å². The van der Waals surface area contributed by atoms with Crippen molar-refractivity contribution >= 4 is 23.5 Å². The van der Waals surface area contributed by atoms with Crippen LogP contribution in [0.4, 0.5) is 0 Å². The van der Waals surface area contributed by atoms with Crippen molar-refractivity contribution in [1.29, 1.82) is 0 Å². The minimum Gasteiger partial charge on any atom is -0.338 e. The molecule has 0 spiro atoms. The molecule has 0 aromatic rings. The van der Waals surface area contributed by atoms with Crippen molar-refractivity contribution in [3.63, 3.8) is 0 Å². The number of nitrogens with zero attached hydrogens (tertiary/aromatic N) is 1. The fourth-order valence-electron chi connectivity index (χ4n) is 0.514. The zero-order chi connectivity index (χ0) is 8.85. The number of carbonyl (C=O) groups excluding carboxylic acids is 2. The van der Waals surface area contributed by atoms with E-state index >= 15 is 0 Å². The molecule has 0 aliphatic rings. The summed E-state index contributed by atoms with van der Waals surface area (Å²) in [5, 5.41) is 0.926. The highest BCUT2D eigenvalue weighted by Crippen LogP contribution is 1.93. The average Bonchev–Trinajstić information content (AvgIpc) is 1.98. The van der Waals surface area contributed by atoms with Crippen LogP contribution in [-0.2, 0) is 14.4 Å². The van der Waals surface area contributed by atoms with Gasteiger partial charge in [-0.3, -0.25) is 9.59 Å². The third-order valence-electron chi connectivity index (χ3n) is 0.918. The number of rotatable bonds is 2. The molecule has 0 aromatic heterocycles. The Balaban J connectivity index is 3.94. The van der Waals surface area contributed by atoms with Gasteiger partial charge in [0.1, 0.15) is 5.88 Å². The molecule has 0 rings (SSSR count). The largest absolute Gasteiger partial charge is 0.338 e. The Morgan fingerprint density at radius 1 is 1.55 bits per heavy atom. The monoisotopic (exact) mass is 179 g/mol. The Morgan fingerprint density at radius 3 is 2.36 bits per heavy atom. The smallest absolute Gasteiger partial charge is 0.329 e. The van der Waals surface area contributed by atoms with Crippen molar-refractivity contribution in [3.8, 4) is 0 Å². The second kappa shape index (κ2) is 4.96. The van der Waals surface area contributed by atoms with Crippen LogP contribution in [0.2, 0.25) is 0 Å². The Morgan fingerprint density at radius 2 is 2.09 bits per heavy atom. The molecule has 1 amide bonds. The van der Waals surface area contributed by atoms with Gasteiger partial charge < -0.3 is 4.84 Å². The summed E-state index contributed by atoms with van der Waals surface area (Å²) in [6, 6.07) is 0. The lowest BCUT2D eigenvalue weighted by molar-refractivity contribution is -0.193. The summed E-state index contributed by atoms with van der Waals surface area (Å²) in [5.41, 5.74) is 0. The molecule has 0 aliphatic heterocycles. The van der Waals surface area contributed by atoms with E-state index in [0.717, 1.165) is 5.06 Å². The molecular weight excluding hydrogens is 170 g/mol. The molecule has 0 bridgehead atoms. The van der Waals surface area contributed by atoms with Crippen molar-refractivity contribution in [2.45, 2.75) is 13.8 Å². The standard InChI is InChI=1S/C6H10ClNO3/c1-3-8(6(10)4-7)11-5(2)9/h3-4H2,1-2H3. The van der Waals surface area contributed by atoms with E-state index in [1.54, 1.807) is 6.92 Å². The van der Waals surface area contributed by atoms with Crippen LogP contribution < -0.4 is 0 Å². The second-order valence-electron chi connectivity index (χ2n) is 1.80. The first-order valence-corrected chi connectivity index (χ1v) is 3.70. The van der Waals surface area contributed by atoms with Crippen molar-refractivity contribution < 1.29 is 14.4 Å². The van der Waals surface area contributed by atoms with E-state index in [4.69, 9.17) is 11.6 Å². The van der Waals surface area contributed by atoms with Gasteiger partial charge in [0.25, 0.3) is 5.91 Å². The first-order chi connectivity index (χ1) is 5.11. The lowest BCUT2D eigenvalue weighted by Gasteiger charge is -2.16. The van der Waals surface area contributed by atoms with Crippen molar-refractivity contribution in [3.05, 3.63) is 0 Å². The molecule has 0 aromatic carbocycles. The molecule has 0 heterocycles. The number of carbonyl (C=O) groups is 2. The molecule has 11 heavy (non-hydrogen) atoms. The molecular formula is C6H10ClNO3. The number of hydroxylamine groups is 2. The van der Waals surface area contributed by atoms with E-state index in [1.807, 2.05) is 0 Å². The number of alkyl halides is 1. The maximum Gasteiger partial charge on any atom is 0.329 e. The van der Waals surface area contributed by atoms with Gasteiger partial charge in [0.2, 0.25) is 0 Å². The highest BCUT2D eigenvalue weighted by molar-refractivity contribution is 6.27. The van der Waals surface area contributed by atoms with Gasteiger partial charge in [-0.05, 0) is 6.92 Å². The highest BCUT2D eigenvalue weighted by atomic mass is 35.5. The van der Waals surface area contributed by atoms with Crippen LogP contribution in [0, 0.1) is 0 Å². The zero-order valence-corrected chi connectivity index (χ0v) is 7.22. The Bertz CT molecular complexity index is 160. The van der Waals surface area contributed by atoms with E-state index in [9.17, 15) is 9.59 Å². The van der Waals surface area contributed by atoms with E-state index in [0.29, 0.717) is 6.54 Å². The van der Waals surface area contributed by atoms with Gasteiger partial charge >= 0.3 is 5.97 Å². The number of hydrogen-bond donors (Lipinski definition) is 0. The van der Waals surface area contributed by atoms with Crippen molar-refractivity contribution in [2.24, 2.45) is 0 Å². The second-order valence-corrected chi connectivity index (χ2v) is 2.07. The molecule has 0 saturated carbocycles. The summed E-state index contributed by atoms with van der Waals surface area (Å²) in [6.45, 7) is 3.22. The van der Waals surface area contributed by atoms with Gasteiger partial charge in [0.15, 0.2) is 0 Å². The Labute approximate surface area is 70.0 Å². The highest BCUT2D eigenvalue weighted by Gasteiger charge is 2.12.